The zero-order valence-corrected chi connectivity index (χ0v) is 12.6. The monoisotopic (exact) mass is 326 g/mol. The normalized spacial score (nSPS) is 11.4. The zero-order chi connectivity index (χ0) is 16.3. The van der Waals surface area contributed by atoms with Gasteiger partial charge in [0.15, 0.2) is 5.76 Å². The number of nitrogens with zero attached hydrogens (tertiary/aromatic N) is 1. The van der Waals surface area contributed by atoms with Gasteiger partial charge in [-0.05, 0) is 18.2 Å². The number of H-pyrrole nitrogens is 1. The van der Waals surface area contributed by atoms with E-state index in [0.717, 1.165) is 4.31 Å². The Labute approximate surface area is 126 Å². The van der Waals surface area contributed by atoms with Gasteiger partial charge >= 0.3 is 5.91 Å². The van der Waals surface area contributed by atoms with Crippen molar-refractivity contribution in [3.8, 4) is 0 Å². The van der Waals surface area contributed by atoms with Crippen LogP contribution < -0.4 is 10.9 Å². The lowest BCUT2D eigenvalue weighted by molar-refractivity contribution is 0.0829. The van der Waals surface area contributed by atoms with Crippen molar-refractivity contribution in [1.29, 1.82) is 0 Å². The first-order chi connectivity index (χ1) is 10.3. The van der Waals surface area contributed by atoms with Gasteiger partial charge in [-0.25, -0.2) is 12.7 Å². The van der Waals surface area contributed by atoms with Crippen LogP contribution in [0.5, 0.6) is 0 Å². The summed E-state index contributed by atoms with van der Waals surface area (Å²) in [6.07, 6.45) is 2.51. The summed E-state index contributed by atoms with van der Waals surface area (Å²) < 4.78 is 29.6. The number of hydrogen-bond donors (Lipinski definition) is 3. The van der Waals surface area contributed by atoms with Crippen LogP contribution in [0.15, 0.2) is 40.0 Å². The second-order valence-corrected chi connectivity index (χ2v) is 6.57. The van der Waals surface area contributed by atoms with E-state index < -0.39 is 21.8 Å². The number of aromatic amines is 1. The van der Waals surface area contributed by atoms with Crippen molar-refractivity contribution in [3.63, 3.8) is 0 Å². The Hall–Kier alpha value is -2.59. The standard InChI is InChI=1S/C12H14N4O5S/c1-16(2)22(19,20)8-6-9(13-7-8)11(17)14-15-12(18)10-4-3-5-21-10/h3-7,13H,1-2H3,(H,14,17)(H,15,18). The number of sulfonamides is 1. The summed E-state index contributed by atoms with van der Waals surface area (Å²) >= 11 is 0. The minimum absolute atomic E-state index is 0.0137. The number of hydrazine groups is 1. The summed E-state index contributed by atoms with van der Waals surface area (Å²) in [5, 5.41) is 0. The van der Waals surface area contributed by atoms with E-state index in [2.05, 4.69) is 15.8 Å². The van der Waals surface area contributed by atoms with E-state index in [-0.39, 0.29) is 16.3 Å². The number of amides is 2. The lowest BCUT2D eigenvalue weighted by Crippen LogP contribution is -2.41. The number of carbonyl (C=O) groups excluding carboxylic acids is 2. The predicted molar refractivity (Wildman–Crippen MR) is 75.3 cm³/mol. The Bertz CT molecular complexity index is 776. The largest absolute Gasteiger partial charge is 0.459 e. The van der Waals surface area contributed by atoms with E-state index in [1.54, 1.807) is 0 Å². The summed E-state index contributed by atoms with van der Waals surface area (Å²) in [5.41, 5.74) is 4.27. The average Bonchev–Trinajstić information content (AvgIpc) is 3.14. The Morgan fingerprint density at radius 2 is 1.91 bits per heavy atom. The van der Waals surface area contributed by atoms with Crippen LogP contribution in [-0.2, 0) is 10.0 Å². The highest BCUT2D eigenvalue weighted by Gasteiger charge is 2.21. The van der Waals surface area contributed by atoms with Crippen LogP contribution in [0, 0.1) is 0 Å². The highest BCUT2D eigenvalue weighted by molar-refractivity contribution is 7.89. The van der Waals surface area contributed by atoms with Gasteiger partial charge in [-0.3, -0.25) is 20.4 Å². The van der Waals surface area contributed by atoms with E-state index in [4.69, 9.17) is 4.42 Å². The molecule has 0 saturated heterocycles. The summed E-state index contributed by atoms with van der Waals surface area (Å²) in [5.74, 6) is -1.30. The van der Waals surface area contributed by atoms with Gasteiger partial charge in [0.1, 0.15) is 10.6 Å². The Morgan fingerprint density at radius 3 is 2.50 bits per heavy atom. The molecule has 2 amide bonds. The molecule has 2 rings (SSSR count). The third kappa shape index (κ3) is 3.18. The van der Waals surface area contributed by atoms with E-state index >= 15 is 0 Å². The summed E-state index contributed by atoms with van der Waals surface area (Å²) in [6.45, 7) is 0. The second-order valence-electron chi connectivity index (χ2n) is 4.42. The number of furan rings is 1. The molecule has 0 aromatic carbocycles. The molecule has 0 aliphatic rings. The fraction of sp³-hybridized carbons (Fsp3) is 0.167. The van der Waals surface area contributed by atoms with Gasteiger partial charge in [0, 0.05) is 20.3 Å². The molecule has 0 bridgehead atoms. The highest BCUT2D eigenvalue weighted by Crippen LogP contribution is 2.14. The fourth-order valence-electron chi connectivity index (χ4n) is 1.52. The van der Waals surface area contributed by atoms with Crippen LogP contribution in [0.25, 0.3) is 0 Å². The molecule has 0 atom stereocenters. The number of hydrogen-bond acceptors (Lipinski definition) is 5. The summed E-state index contributed by atoms with van der Waals surface area (Å²) in [6, 6.07) is 4.13. The Balaban J connectivity index is 2.02. The van der Waals surface area contributed by atoms with Crippen LogP contribution in [0.3, 0.4) is 0 Å². The van der Waals surface area contributed by atoms with Gasteiger partial charge in [-0.2, -0.15) is 0 Å². The molecule has 118 valence electrons. The molecule has 0 radical (unpaired) electrons. The molecule has 0 spiro atoms. The quantitative estimate of drug-likeness (QED) is 0.679. The van der Waals surface area contributed by atoms with Gasteiger partial charge in [0.2, 0.25) is 10.0 Å². The number of carbonyl (C=O) groups is 2. The van der Waals surface area contributed by atoms with Crippen molar-refractivity contribution in [1.82, 2.24) is 20.1 Å². The lowest BCUT2D eigenvalue weighted by Gasteiger charge is -2.08. The van der Waals surface area contributed by atoms with Crippen LogP contribution in [-0.4, -0.2) is 43.6 Å². The SMILES string of the molecule is CN(C)S(=O)(=O)c1c[nH]c(C(=O)NNC(=O)c2ccco2)c1. The molecule has 0 saturated carbocycles. The average molecular weight is 326 g/mol. The maximum Gasteiger partial charge on any atom is 0.305 e. The predicted octanol–water partition coefficient (Wildman–Crippen LogP) is -0.0672. The Kier molecular flexibility index (Phi) is 4.33. The van der Waals surface area contributed by atoms with Crippen molar-refractivity contribution < 1.29 is 22.4 Å². The van der Waals surface area contributed by atoms with Crippen molar-refractivity contribution in [3.05, 3.63) is 42.1 Å². The number of nitrogens with one attached hydrogen (secondary N) is 3. The van der Waals surface area contributed by atoms with Crippen LogP contribution in [0.1, 0.15) is 21.0 Å². The first-order valence-electron chi connectivity index (χ1n) is 6.07. The molecule has 22 heavy (non-hydrogen) atoms. The highest BCUT2D eigenvalue weighted by atomic mass is 32.2. The van der Waals surface area contributed by atoms with E-state index in [1.165, 1.54) is 44.8 Å². The molecule has 3 N–H and O–H groups in total. The van der Waals surface area contributed by atoms with Crippen molar-refractivity contribution in [2.75, 3.05) is 14.1 Å². The summed E-state index contributed by atoms with van der Waals surface area (Å²) in [7, 11) is -0.875. The van der Waals surface area contributed by atoms with Crippen LogP contribution in [0.4, 0.5) is 0 Å². The fourth-order valence-corrected chi connectivity index (χ4v) is 2.41. The minimum Gasteiger partial charge on any atom is -0.459 e. The molecule has 0 aliphatic heterocycles. The van der Waals surface area contributed by atoms with Crippen LogP contribution in [0.2, 0.25) is 0 Å². The van der Waals surface area contributed by atoms with E-state index in [0.29, 0.717) is 0 Å². The van der Waals surface area contributed by atoms with Crippen molar-refractivity contribution in [2.24, 2.45) is 0 Å². The maximum atomic E-state index is 11.9. The molecule has 0 aliphatic carbocycles. The summed E-state index contributed by atoms with van der Waals surface area (Å²) in [4.78, 5) is 25.9. The van der Waals surface area contributed by atoms with Crippen molar-refractivity contribution in [2.45, 2.75) is 4.90 Å². The van der Waals surface area contributed by atoms with Gasteiger partial charge in [-0.15, -0.1) is 0 Å². The maximum absolute atomic E-state index is 11.9. The van der Waals surface area contributed by atoms with Gasteiger partial charge in [0.25, 0.3) is 5.91 Å². The number of aromatic nitrogens is 1. The van der Waals surface area contributed by atoms with E-state index in [9.17, 15) is 18.0 Å². The first kappa shape index (κ1) is 15.8. The molecule has 2 aromatic heterocycles. The molecule has 10 heteroatoms. The van der Waals surface area contributed by atoms with Gasteiger partial charge in [-0.1, -0.05) is 0 Å². The molecule has 9 nitrogen and oxygen atoms in total. The molecule has 0 unspecified atom stereocenters. The smallest absolute Gasteiger partial charge is 0.305 e. The molecule has 0 fully saturated rings. The van der Waals surface area contributed by atoms with Gasteiger partial charge < -0.3 is 9.40 Å². The topological polar surface area (TPSA) is 125 Å². The Morgan fingerprint density at radius 1 is 1.23 bits per heavy atom. The molecular formula is C12H14N4O5S. The first-order valence-corrected chi connectivity index (χ1v) is 7.51. The van der Waals surface area contributed by atoms with E-state index in [1.807, 2.05) is 0 Å². The molecule has 2 aromatic rings. The third-order valence-corrected chi connectivity index (χ3v) is 4.51. The molecule has 2 heterocycles. The number of rotatable bonds is 4. The lowest BCUT2D eigenvalue weighted by atomic mass is 10.4. The molecular weight excluding hydrogens is 312 g/mol. The van der Waals surface area contributed by atoms with Gasteiger partial charge in [0.05, 0.1) is 6.26 Å². The minimum atomic E-state index is -3.64. The second kappa shape index (κ2) is 6.03. The third-order valence-electron chi connectivity index (χ3n) is 2.71. The van der Waals surface area contributed by atoms with Crippen LogP contribution >= 0.6 is 0 Å². The zero-order valence-electron chi connectivity index (χ0n) is 11.8. The van der Waals surface area contributed by atoms with Crippen molar-refractivity contribution >= 4 is 21.8 Å².